The summed E-state index contributed by atoms with van der Waals surface area (Å²) < 4.78 is 0. The molecule has 20 heavy (non-hydrogen) atoms. The SMILES string of the molecule is CCNc1nc(NCc2ccccc2)cc(C2CC2)n1. The van der Waals surface area contributed by atoms with Crippen LogP contribution in [0.5, 0.6) is 0 Å². The summed E-state index contributed by atoms with van der Waals surface area (Å²) in [5, 5.41) is 6.60. The Hall–Kier alpha value is -2.10. The average molecular weight is 268 g/mol. The summed E-state index contributed by atoms with van der Waals surface area (Å²) in [6.07, 6.45) is 2.50. The lowest BCUT2D eigenvalue weighted by Crippen LogP contribution is -2.08. The largest absolute Gasteiger partial charge is 0.366 e. The van der Waals surface area contributed by atoms with Gasteiger partial charge in [-0.3, -0.25) is 0 Å². The fourth-order valence-electron chi connectivity index (χ4n) is 2.17. The highest BCUT2D eigenvalue weighted by Crippen LogP contribution is 2.39. The lowest BCUT2D eigenvalue weighted by molar-refractivity contribution is 0.967. The first kappa shape index (κ1) is 12.9. The van der Waals surface area contributed by atoms with E-state index in [-0.39, 0.29) is 0 Å². The van der Waals surface area contributed by atoms with Crippen LogP contribution in [0.1, 0.15) is 36.9 Å². The minimum Gasteiger partial charge on any atom is -0.366 e. The molecule has 1 heterocycles. The van der Waals surface area contributed by atoms with Crippen LogP contribution in [0, 0.1) is 0 Å². The Morgan fingerprint density at radius 2 is 1.90 bits per heavy atom. The maximum Gasteiger partial charge on any atom is 0.224 e. The van der Waals surface area contributed by atoms with Gasteiger partial charge < -0.3 is 10.6 Å². The Morgan fingerprint density at radius 3 is 2.60 bits per heavy atom. The van der Waals surface area contributed by atoms with Crippen molar-refractivity contribution in [2.75, 3.05) is 17.2 Å². The third-order valence-corrected chi connectivity index (χ3v) is 3.39. The van der Waals surface area contributed by atoms with E-state index in [4.69, 9.17) is 0 Å². The predicted octanol–water partition coefficient (Wildman–Crippen LogP) is 3.40. The normalized spacial score (nSPS) is 14.1. The molecule has 0 spiro atoms. The quantitative estimate of drug-likeness (QED) is 0.843. The van der Waals surface area contributed by atoms with Crippen molar-refractivity contribution in [1.29, 1.82) is 0 Å². The molecule has 104 valence electrons. The number of hydrogen-bond donors (Lipinski definition) is 2. The number of hydrogen-bond acceptors (Lipinski definition) is 4. The van der Waals surface area contributed by atoms with Crippen LogP contribution >= 0.6 is 0 Å². The summed E-state index contributed by atoms with van der Waals surface area (Å²) in [5.74, 6) is 2.27. The van der Waals surface area contributed by atoms with Crippen molar-refractivity contribution in [2.45, 2.75) is 32.2 Å². The zero-order valence-corrected chi connectivity index (χ0v) is 11.8. The van der Waals surface area contributed by atoms with Gasteiger partial charge in [0.15, 0.2) is 0 Å². The van der Waals surface area contributed by atoms with Crippen LogP contribution in [0.25, 0.3) is 0 Å². The number of rotatable bonds is 6. The molecule has 0 amide bonds. The number of anilines is 2. The van der Waals surface area contributed by atoms with Gasteiger partial charge in [0.1, 0.15) is 5.82 Å². The summed E-state index contributed by atoms with van der Waals surface area (Å²) >= 11 is 0. The molecule has 0 radical (unpaired) electrons. The molecule has 0 saturated heterocycles. The minimum absolute atomic E-state index is 0.632. The summed E-state index contributed by atoms with van der Waals surface area (Å²) in [7, 11) is 0. The first-order valence-corrected chi connectivity index (χ1v) is 7.26. The second kappa shape index (κ2) is 5.90. The molecule has 0 bridgehead atoms. The van der Waals surface area contributed by atoms with E-state index in [1.54, 1.807) is 0 Å². The molecule has 2 N–H and O–H groups in total. The van der Waals surface area contributed by atoms with Crippen LogP contribution in [0.3, 0.4) is 0 Å². The van der Waals surface area contributed by atoms with Gasteiger partial charge in [0.2, 0.25) is 5.95 Å². The third kappa shape index (κ3) is 3.26. The van der Waals surface area contributed by atoms with E-state index in [2.05, 4.69) is 57.9 Å². The molecule has 0 atom stereocenters. The molecule has 2 aromatic rings. The van der Waals surface area contributed by atoms with Crippen LogP contribution < -0.4 is 10.6 Å². The van der Waals surface area contributed by atoms with Crippen molar-refractivity contribution < 1.29 is 0 Å². The van der Waals surface area contributed by atoms with Gasteiger partial charge in [0.25, 0.3) is 0 Å². The van der Waals surface area contributed by atoms with E-state index >= 15 is 0 Å². The van der Waals surface area contributed by atoms with Crippen LogP contribution in [-0.4, -0.2) is 16.5 Å². The summed E-state index contributed by atoms with van der Waals surface area (Å²) in [4.78, 5) is 9.09. The second-order valence-corrected chi connectivity index (χ2v) is 5.15. The maximum absolute atomic E-state index is 4.58. The maximum atomic E-state index is 4.58. The van der Waals surface area contributed by atoms with Gasteiger partial charge in [0.05, 0.1) is 5.69 Å². The van der Waals surface area contributed by atoms with Gasteiger partial charge in [-0.05, 0) is 25.3 Å². The number of benzene rings is 1. The summed E-state index contributed by atoms with van der Waals surface area (Å²) in [5.41, 5.74) is 2.41. The van der Waals surface area contributed by atoms with Gasteiger partial charge in [-0.2, -0.15) is 4.98 Å². The molecular formula is C16H20N4. The van der Waals surface area contributed by atoms with Crippen molar-refractivity contribution in [3.63, 3.8) is 0 Å². The van der Waals surface area contributed by atoms with Crippen LogP contribution in [0.4, 0.5) is 11.8 Å². The van der Waals surface area contributed by atoms with Crippen LogP contribution in [-0.2, 0) is 6.54 Å². The van der Waals surface area contributed by atoms with E-state index in [0.29, 0.717) is 5.92 Å². The lowest BCUT2D eigenvalue weighted by atomic mass is 10.2. The molecule has 1 aromatic carbocycles. The zero-order chi connectivity index (χ0) is 13.8. The first-order chi connectivity index (χ1) is 9.85. The van der Waals surface area contributed by atoms with Crippen molar-refractivity contribution in [3.8, 4) is 0 Å². The molecule has 1 aliphatic rings. The Labute approximate surface area is 119 Å². The van der Waals surface area contributed by atoms with Crippen molar-refractivity contribution >= 4 is 11.8 Å². The van der Waals surface area contributed by atoms with Gasteiger partial charge in [-0.25, -0.2) is 4.98 Å². The molecule has 1 fully saturated rings. The van der Waals surface area contributed by atoms with Crippen LogP contribution in [0.15, 0.2) is 36.4 Å². The molecule has 3 rings (SSSR count). The molecule has 1 aliphatic carbocycles. The molecular weight excluding hydrogens is 248 g/mol. The Kier molecular flexibility index (Phi) is 3.81. The number of nitrogens with zero attached hydrogens (tertiary/aromatic N) is 2. The highest BCUT2D eigenvalue weighted by molar-refractivity contribution is 5.44. The van der Waals surface area contributed by atoms with E-state index < -0.39 is 0 Å². The highest BCUT2D eigenvalue weighted by atomic mass is 15.1. The van der Waals surface area contributed by atoms with E-state index in [0.717, 1.165) is 30.5 Å². The second-order valence-electron chi connectivity index (χ2n) is 5.15. The van der Waals surface area contributed by atoms with Crippen molar-refractivity contribution in [3.05, 3.63) is 47.7 Å². The number of aromatic nitrogens is 2. The fourth-order valence-corrected chi connectivity index (χ4v) is 2.17. The van der Waals surface area contributed by atoms with Gasteiger partial charge in [-0.15, -0.1) is 0 Å². The van der Waals surface area contributed by atoms with E-state index in [1.165, 1.54) is 18.4 Å². The zero-order valence-electron chi connectivity index (χ0n) is 11.8. The molecule has 0 aliphatic heterocycles. The van der Waals surface area contributed by atoms with Gasteiger partial charge >= 0.3 is 0 Å². The Balaban J connectivity index is 1.74. The smallest absolute Gasteiger partial charge is 0.224 e. The van der Waals surface area contributed by atoms with Crippen molar-refractivity contribution in [1.82, 2.24) is 9.97 Å². The van der Waals surface area contributed by atoms with Gasteiger partial charge in [0, 0.05) is 25.1 Å². The topological polar surface area (TPSA) is 49.8 Å². The molecule has 4 heteroatoms. The first-order valence-electron chi connectivity index (χ1n) is 7.26. The standard InChI is InChI=1S/C16H20N4/c1-2-17-16-19-14(13-8-9-13)10-15(20-16)18-11-12-6-4-3-5-7-12/h3-7,10,13H,2,8-9,11H2,1H3,(H2,17,18,19,20). The molecule has 4 nitrogen and oxygen atoms in total. The average Bonchev–Trinajstić information content (AvgIpc) is 3.31. The monoisotopic (exact) mass is 268 g/mol. The van der Waals surface area contributed by atoms with Crippen molar-refractivity contribution in [2.24, 2.45) is 0 Å². The summed E-state index contributed by atoms with van der Waals surface area (Å²) in [6.45, 7) is 3.68. The fraction of sp³-hybridized carbons (Fsp3) is 0.375. The minimum atomic E-state index is 0.632. The Bertz CT molecular complexity index is 564. The highest BCUT2D eigenvalue weighted by Gasteiger charge is 2.26. The molecule has 0 unspecified atom stereocenters. The van der Waals surface area contributed by atoms with Gasteiger partial charge in [-0.1, -0.05) is 30.3 Å². The lowest BCUT2D eigenvalue weighted by Gasteiger charge is -2.10. The van der Waals surface area contributed by atoms with Crippen LogP contribution in [0.2, 0.25) is 0 Å². The van der Waals surface area contributed by atoms with E-state index in [9.17, 15) is 0 Å². The Morgan fingerprint density at radius 1 is 1.10 bits per heavy atom. The molecule has 1 saturated carbocycles. The predicted molar refractivity (Wildman–Crippen MR) is 81.9 cm³/mol. The third-order valence-electron chi connectivity index (χ3n) is 3.39. The number of nitrogens with one attached hydrogen (secondary N) is 2. The molecule has 1 aromatic heterocycles. The summed E-state index contributed by atoms with van der Waals surface area (Å²) in [6, 6.07) is 12.4. The van der Waals surface area contributed by atoms with E-state index in [1.807, 2.05) is 6.07 Å².